The van der Waals surface area contributed by atoms with E-state index >= 15 is 0 Å². The van der Waals surface area contributed by atoms with Gasteiger partial charge in [-0.3, -0.25) is 4.79 Å². The molecule has 2 heterocycles. The lowest BCUT2D eigenvalue weighted by atomic mass is 10.2. The Balaban J connectivity index is 1.55. The van der Waals surface area contributed by atoms with Crippen molar-refractivity contribution in [2.75, 3.05) is 57.4 Å². The lowest BCUT2D eigenvalue weighted by molar-refractivity contribution is -0.118. The first-order valence-electron chi connectivity index (χ1n) is 9.33. The number of rotatable bonds is 6. The lowest BCUT2D eigenvalue weighted by Crippen LogP contribution is -2.45. The average molecular weight is 413 g/mol. The highest BCUT2D eigenvalue weighted by Gasteiger charge is 2.23. The summed E-state index contributed by atoms with van der Waals surface area (Å²) in [5.41, 5.74) is 0.578. The Morgan fingerprint density at radius 3 is 2.74 bits per heavy atom. The maximum absolute atomic E-state index is 12.6. The molecule has 0 aromatic heterocycles. The number of benzene rings is 1. The Kier molecular flexibility index (Phi) is 6.80. The van der Waals surface area contributed by atoms with Crippen LogP contribution in [0.1, 0.15) is 13.3 Å². The minimum Gasteiger partial charge on any atom is -0.325 e. The summed E-state index contributed by atoms with van der Waals surface area (Å²) in [6.45, 7) is 7.35. The van der Waals surface area contributed by atoms with Crippen LogP contribution in [0.4, 0.5) is 5.69 Å². The van der Waals surface area contributed by atoms with Gasteiger partial charge >= 0.3 is 0 Å². The number of hydrogen-bond acceptors (Lipinski definition) is 6. The van der Waals surface area contributed by atoms with E-state index in [9.17, 15) is 13.2 Å². The number of nitrogens with zero attached hydrogens (tertiary/aromatic N) is 2. The van der Waals surface area contributed by atoms with Crippen LogP contribution >= 0.6 is 11.8 Å². The van der Waals surface area contributed by atoms with Gasteiger partial charge in [-0.15, -0.1) is 11.8 Å². The van der Waals surface area contributed by atoms with Crippen LogP contribution in [0, 0.1) is 5.92 Å². The van der Waals surface area contributed by atoms with Gasteiger partial charge in [-0.2, -0.15) is 0 Å². The van der Waals surface area contributed by atoms with E-state index in [1.54, 1.807) is 30.0 Å². The minimum atomic E-state index is -3.59. The van der Waals surface area contributed by atoms with Crippen LogP contribution in [-0.2, 0) is 14.8 Å². The zero-order chi connectivity index (χ0) is 19.4. The summed E-state index contributed by atoms with van der Waals surface area (Å²) in [4.78, 5) is 17.8. The molecule has 1 fully saturated rings. The summed E-state index contributed by atoms with van der Waals surface area (Å²) in [6, 6.07) is 4.94. The van der Waals surface area contributed by atoms with Gasteiger partial charge in [0, 0.05) is 49.3 Å². The van der Waals surface area contributed by atoms with Crippen molar-refractivity contribution < 1.29 is 13.2 Å². The number of likely N-dealkylation sites (N-methyl/N-ethyl adjacent to an activating group) is 1. The fourth-order valence-electron chi connectivity index (χ4n) is 3.11. The van der Waals surface area contributed by atoms with Crippen molar-refractivity contribution >= 4 is 33.4 Å². The molecular formula is C18H28N4O3S2. The van der Waals surface area contributed by atoms with Gasteiger partial charge < -0.3 is 15.1 Å². The summed E-state index contributed by atoms with van der Waals surface area (Å²) in [5, 5.41) is 2.84. The van der Waals surface area contributed by atoms with E-state index in [4.69, 9.17) is 0 Å². The number of piperazine rings is 1. The van der Waals surface area contributed by atoms with Crippen LogP contribution in [0.5, 0.6) is 0 Å². The number of carbonyl (C=O) groups is 1. The summed E-state index contributed by atoms with van der Waals surface area (Å²) in [5.74, 6) is 0.515. The molecule has 3 rings (SSSR count). The van der Waals surface area contributed by atoms with Crippen LogP contribution in [0.25, 0.3) is 0 Å². The van der Waals surface area contributed by atoms with Gasteiger partial charge in [0.25, 0.3) is 0 Å². The van der Waals surface area contributed by atoms with Gasteiger partial charge in [0.05, 0.1) is 10.6 Å². The Morgan fingerprint density at radius 1 is 1.26 bits per heavy atom. The normalized spacial score (nSPS) is 22.1. The lowest BCUT2D eigenvalue weighted by Gasteiger charge is -2.32. The quantitative estimate of drug-likeness (QED) is 0.685. The van der Waals surface area contributed by atoms with E-state index in [0.29, 0.717) is 18.0 Å². The highest BCUT2D eigenvalue weighted by molar-refractivity contribution is 7.99. The SMILES string of the molecule is CC1CSc2ccc(S(=O)(=O)NCCCN3CCN(C)CC3)cc2NC1=O. The molecule has 2 aliphatic rings. The second-order valence-electron chi connectivity index (χ2n) is 7.26. The molecule has 1 amide bonds. The molecule has 1 saturated heterocycles. The molecule has 0 spiro atoms. The molecule has 1 aromatic rings. The van der Waals surface area contributed by atoms with E-state index in [-0.39, 0.29) is 16.7 Å². The number of fused-ring (bicyclic) bond motifs is 1. The predicted octanol–water partition coefficient (Wildman–Crippen LogP) is 1.28. The standard InChI is InChI=1S/C18H28N4O3S2/c1-14-13-26-17-5-4-15(12-16(17)20-18(14)23)27(24,25)19-6-3-7-22-10-8-21(2)9-11-22/h4-5,12,14,19H,3,6-11,13H2,1-2H3,(H,20,23). The first kappa shape index (κ1) is 20.6. The highest BCUT2D eigenvalue weighted by Crippen LogP contribution is 2.34. The average Bonchev–Trinajstić information content (AvgIpc) is 2.78. The minimum absolute atomic E-state index is 0.0732. The smallest absolute Gasteiger partial charge is 0.240 e. The molecule has 0 bridgehead atoms. The van der Waals surface area contributed by atoms with Crippen LogP contribution in [0.15, 0.2) is 28.0 Å². The van der Waals surface area contributed by atoms with Crippen LogP contribution in [-0.4, -0.2) is 76.2 Å². The highest BCUT2D eigenvalue weighted by atomic mass is 32.2. The molecule has 9 heteroatoms. The second-order valence-corrected chi connectivity index (χ2v) is 10.1. The first-order chi connectivity index (χ1) is 12.8. The third-order valence-corrected chi connectivity index (χ3v) is 7.79. The summed E-state index contributed by atoms with van der Waals surface area (Å²) < 4.78 is 27.9. The fourth-order valence-corrected chi connectivity index (χ4v) is 5.22. The van der Waals surface area contributed by atoms with E-state index in [1.165, 1.54) is 0 Å². The molecule has 0 saturated carbocycles. The molecule has 7 nitrogen and oxygen atoms in total. The van der Waals surface area contributed by atoms with Gasteiger partial charge in [0.15, 0.2) is 0 Å². The molecule has 2 aliphatic heterocycles. The van der Waals surface area contributed by atoms with Gasteiger partial charge in [-0.1, -0.05) is 6.92 Å². The Bertz CT molecular complexity index is 777. The molecule has 1 aromatic carbocycles. The largest absolute Gasteiger partial charge is 0.325 e. The Hall–Kier alpha value is -1.13. The third kappa shape index (κ3) is 5.45. The number of sulfonamides is 1. The van der Waals surface area contributed by atoms with Gasteiger partial charge in [0.2, 0.25) is 15.9 Å². The molecule has 2 N–H and O–H groups in total. The molecule has 27 heavy (non-hydrogen) atoms. The summed E-state index contributed by atoms with van der Waals surface area (Å²) >= 11 is 1.57. The first-order valence-corrected chi connectivity index (χ1v) is 11.8. The van der Waals surface area contributed by atoms with Crippen molar-refractivity contribution in [1.29, 1.82) is 0 Å². The molecule has 1 atom stereocenters. The number of nitrogens with one attached hydrogen (secondary N) is 2. The molecule has 0 aliphatic carbocycles. The molecular weight excluding hydrogens is 384 g/mol. The van der Waals surface area contributed by atoms with Crippen molar-refractivity contribution in [1.82, 2.24) is 14.5 Å². The number of thioether (sulfide) groups is 1. The monoisotopic (exact) mass is 412 g/mol. The Labute approximate surface area is 165 Å². The van der Waals surface area contributed by atoms with Crippen LogP contribution in [0.2, 0.25) is 0 Å². The summed E-state index contributed by atoms with van der Waals surface area (Å²) in [7, 11) is -1.47. The topological polar surface area (TPSA) is 81.8 Å². The number of anilines is 1. The van der Waals surface area contributed by atoms with Crippen LogP contribution < -0.4 is 10.0 Å². The van der Waals surface area contributed by atoms with Crippen LogP contribution in [0.3, 0.4) is 0 Å². The molecule has 150 valence electrons. The number of carbonyl (C=O) groups excluding carboxylic acids is 1. The fraction of sp³-hybridized carbons (Fsp3) is 0.611. The van der Waals surface area contributed by atoms with E-state index in [2.05, 4.69) is 26.9 Å². The maximum atomic E-state index is 12.6. The van der Waals surface area contributed by atoms with E-state index in [0.717, 1.165) is 44.0 Å². The predicted molar refractivity (Wildman–Crippen MR) is 109 cm³/mol. The third-order valence-electron chi connectivity index (χ3n) is 4.99. The van der Waals surface area contributed by atoms with Crippen molar-refractivity contribution in [2.24, 2.45) is 5.92 Å². The van der Waals surface area contributed by atoms with Crippen molar-refractivity contribution in [3.63, 3.8) is 0 Å². The zero-order valence-electron chi connectivity index (χ0n) is 15.9. The zero-order valence-corrected chi connectivity index (χ0v) is 17.5. The van der Waals surface area contributed by atoms with Crippen molar-refractivity contribution in [3.8, 4) is 0 Å². The second kappa shape index (κ2) is 8.91. The van der Waals surface area contributed by atoms with Gasteiger partial charge in [0.1, 0.15) is 0 Å². The van der Waals surface area contributed by atoms with Crippen molar-refractivity contribution in [3.05, 3.63) is 18.2 Å². The van der Waals surface area contributed by atoms with E-state index < -0.39 is 10.0 Å². The number of amides is 1. The molecule has 1 unspecified atom stereocenters. The van der Waals surface area contributed by atoms with Crippen molar-refractivity contribution in [2.45, 2.75) is 23.1 Å². The molecule has 0 radical (unpaired) electrons. The Morgan fingerprint density at radius 2 is 2.00 bits per heavy atom. The van der Waals surface area contributed by atoms with Gasteiger partial charge in [-0.05, 0) is 38.2 Å². The maximum Gasteiger partial charge on any atom is 0.240 e. The van der Waals surface area contributed by atoms with Gasteiger partial charge in [-0.25, -0.2) is 13.1 Å². The summed E-state index contributed by atoms with van der Waals surface area (Å²) in [6.07, 6.45) is 0.776. The van der Waals surface area contributed by atoms with E-state index in [1.807, 2.05) is 6.92 Å². The number of hydrogen-bond donors (Lipinski definition) is 2.